The SMILES string of the molecule is O=C(O)[C@@H]1CC[C@@H]2CCc3nc(F)ccc3C(=O)N2C1. The van der Waals surface area contributed by atoms with Crippen LogP contribution in [0.25, 0.3) is 0 Å². The lowest BCUT2D eigenvalue weighted by Gasteiger charge is -2.37. The van der Waals surface area contributed by atoms with Gasteiger partial charge in [0.05, 0.1) is 17.2 Å². The van der Waals surface area contributed by atoms with Crippen LogP contribution in [0, 0.1) is 11.9 Å². The third-order valence-electron chi connectivity index (χ3n) is 4.20. The monoisotopic (exact) mass is 278 g/mol. The van der Waals surface area contributed by atoms with Crippen LogP contribution in [0.3, 0.4) is 0 Å². The van der Waals surface area contributed by atoms with E-state index in [4.69, 9.17) is 5.11 Å². The summed E-state index contributed by atoms with van der Waals surface area (Å²) in [5, 5.41) is 9.12. The summed E-state index contributed by atoms with van der Waals surface area (Å²) in [7, 11) is 0. The van der Waals surface area contributed by atoms with E-state index in [1.165, 1.54) is 12.1 Å². The Morgan fingerprint density at radius 3 is 2.90 bits per heavy atom. The minimum Gasteiger partial charge on any atom is -0.481 e. The van der Waals surface area contributed by atoms with E-state index < -0.39 is 17.8 Å². The van der Waals surface area contributed by atoms with Gasteiger partial charge in [-0.1, -0.05) is 0 Å². The lowest BCUT2D eigenvalue weighted by atomic mass is 9.91. The molecule has 6 heteroatoms. The Hall–Kier alpha value is -1.98. The number of carboxylic acid groups (broad SMARTS) is 1. The van der Waals surface area contributed by atoms with Crippen LogP contribution in [0.15, 0.2) is 12.1 Å². The minimum absolute atomic E-state index is 0.0374. The van der Waals surface area contributed by atoms with Crippen molar-refractivity contribution in [2.45, 2.75) is 31.7 Å². The van der Waals surface area contributed by atoms with Crippen LogP contribution in [0.1, 0.15) is 35.3 Å². The highest BCUT2D eigenvalue weighted by Gasteiger charge is 2.37. The second-order valence-electron chi connectivity index (χ2n) is 5.39. The Labute approximate surface area is 115 Å². The van der Waals surface area contributed by atoms with Crippen LogP contribution < -0.4 is 0 Å². The zero-order valence-electron chi connectivity index (χ0n) is 10.9. The smallest absolute Gasteiger partial charge is 0.308 e. The number of hydrogen-bond acceptors (Lipinski definition) is 3. The summed E-state index contributed by atoms with van der Waals surface area (Å²) in [6.07, 6.45) is 2.53. The van der Waals surface area contributed by atoms with E-state index in [-0.39, 0.29) is 18.5 Å². The molecule has 1 N–H and O–H groups in total. The molecule has 0 aromatic carbocycles. The molecule has 1 aromatic rings. The van der Waals surface area contributed by atoms with E-state index in [1.807, 2.05) is 0 Å². The first kappa shape index (κ1) is 13.0. The topological polar surface area (TPSA) is 70.5 Å². The van der Waals surface area contributed by atoms with Gasteiger partial charge in [0.15, 0.2) is 0 Å². The van der Waals surface area contributed by atoms with Gasteiger partial charge in [-0.05, 0) is 37.8 Å². The van der Waals surface area contributed by atoms with Crippen LogP contribution in [-0.4, -0.2) is 39.5 Å². The van der Waals surface area contributed by atoms with Gasteiger partial charge in [-0.2, -0.15) is 4.39 Å². The number of aromatic nitrogens is 1. The number of amides is 1. The normalized spacial score (nSPS) is 25.6. The number of carbonyl (C=O) groups is 2. The molecule has 2 aliphatic rings. The predicted octanol–water partition coefficient (Wildman–Crippen LogP) is 1.47. The number of aliphatic carboxylic acids is 1. The first-order valence-corrected chi connectivity index (χ1v) is 6.75. The zero-order chi connectivity index (χ0) is 14.3. The number of pyridine rings is 1. The molecule has 0 saturated carbocycles. The number of piperidine rings is 1. The molecule has 1 amide bonds. The molecule has 0 unspecified atom stereocenters. The van der Waals surface area contributed by atoms with E-state index >= 15 is 0 Å². The van der Waals surface area contributed by atoms with Gasteiger partial charge >= 0.3 is 5.97 Å². The molecule has 20 heavy (non-hydrogen) atoms. The highest BCUT2D eigenvalue weighted by molar-refractivity contribution is 5.96. The number of carboxylic acids is 1. The average molecular weight is 278 g/mol. The van der Waals surface area contributed by atoms with E-state index in [9.17, 15) is 14.0 Å². The van der Waals surface area contributed by atoms with Gasteiger partial charge in [-0.15, -0.1) is 0 Å². The highest BCUT2D eigenvalue weighted by Crippen LogP contribution is 2.30. The first-order chi connectivity index (χ1) is 9.56. The van der Waals surface area contributed by atoms with Gasteiger partial charge in [0.2, 0.25) is 5.95 Å². The van der Waals surface area contributed by atoms with Crippen LogP contribution in [0.4, 0.5) is 4.39 Å². The molecular formula is C14H15FN2O3. The van der Waals surface area contributed by atoms with Gasteiger partial charge in [-0.3, -0.25) is 9.59 Å². The Morgan fingerprint density at radius 1 is 1.35 bits per heavy atom. The number of hydrogen-bond donors (Lipinski definition) is 1. The number of halogens is 1. The van der Waals surface area contributed by atoms with Gasteiger partial charge in [0.1, 0.15) is 0 Å². The standard InChI is InChI=1S/C14H15FN2O3/c15-12-6-4-10-11(16-12)5-3-9-2-1-8(14(19)20)7-17(9)13(10)18/h4,6,8-9H,1-3,5,7H2,(H,19,20)/t8-,9-/m1/s1. The molecule has 1 fully saturated rings. The zero-order valence-corrected chi connectivity index (χ0v) is 10.9. The van der Waals surface area contributed by atoms with Crippen molar-refractivity contribution in [3.63, 3.8) is 0 Å². The summed E-state index contributed by atoms with van der Waals surface area (Å²) < 4.78 is 13.2. The average Bonchev–Trinajstić information content (AvgIpc) is 2.56. The van der Waals surface area contributed by atoms with Gasteiger partial charge < -0.3 is 10.0 Å². The Balaban J connectivity index is 1.93. The van der Waals surface area contributed by atoms with Crippen molar-refractivity contribution in [3.05, 3.63) is 29.3 Å². The molecular weight excluding hydrogens is 263 g/mol. The fourth-order valence-electron chi connectivity index (χ4n) is 3.10. The summed E-state index contributed by atoms with van der Waals surface area (Å²) in [5.41, 5.74) is 0.885. The summed E-state index contributed by atoms with van der Waals surface area (Å²) >= 11 is 0. The summed E-state index contributed by atoms with van der Waals surface area (Å²) in [5.74, 6) is -2.18. The lowest BCUT2D eigenvalue weighted by Crippen LogP contribution is -2.47. The molecule has 3 rings (SSSR count). The van der Waals surface area contributed by atoms with Crippen LogP contribution >= 0.6 is 0 Å². The van der Waals surface area contributed by atoms with E-state index in [0.29, 0.717) is 36.9 Å². The molecule has 0 spiro atoms. The van der Waals surface area contributed by atoms with E-state index in [2.05, 4.69) is 4.98 Å². The fraction of sp³-hybridized carbons (Fsp3) is 0.500. The second kappa shape index (κ2) is 4.85. The number of nitrogens with zero attached hydrogens (tertiary/aromatic N) is 2. The molecule has 0 aliphatic carbocycles. The van der Waals surface area contributed by atoms with Crippen molar-refractivity contribution in [2.75, 3.05) is 6.54 Å². The molecule has 0 bridgehead atoms. The van der Waals surface area contributed by atoms with Gasteiger partial charge in [0.25, 0.3) is 5.91 Å². The minimum atomic E-state index is -0.863. The predicted molar refractivity (Wildman–Crippen MR) is 67.7 cm³/mol. The maximum absolute atomic E-state index is 13.2. The third-order valence-corrected chi connectivity index (χ3v) is 4.20. The van der Waals surface area contributed by atoms with E-state index in [0.717, 1.165) is 0 Å². The molecule has 5 nitrogen and oxygen atoms in total. The van der Waals surface area contributed by atoms with Crippen LogP contribution in [0.2, 0.25) is 0 Å². The number of carbonyl (C=O) groups excluding carboxylic acids is 1. The molecule has 1 aromatic heterocycles. The summed E-state index contributed by atoms with van der Waals surface area (Å²) in [6.45, 7) is 0.232. The van der Waals surface area contributed by atoms with Crippen molar-refractivity contribution in [1.82, 2.24) is 9.88 Å². The number of rotatable bonds is 1. The first-order valence-electron chi connectivity index (χ1n) is 6.75. The molecule has 106 valence electrons. The maximum Gasteiger partial charge on any atom is 0.308 e. The number of fused-ring (bicyclic) bond motifs is 2. The summed E-state index contributed by atoms with van der Waals surface area (Å²) in [6, 6.07) is 2.66. The van der Waals surface area contributed by atoms with Crippen LogP contribution in [0.5, 0.6) is 0 Å². The quantitative estimate of drug-likeness (QED) is 0.790. The molecule has 2 aliphatic heterocycles. The van der Waals surface area contributed by atoms with Crippen molar-refractivity contribution in [1.29, 1.82) is 0 Å². The molecule has 1 saturated heterocycles. The Bertz CT molecular complexity index is 576. The largest absolute Gasteiger partial charge is 0.481 e. The van der Waals surface area contributed by atoms with Gasteiger partial charge in [-0.25, -0.2) is 4.98 Å². The van der Waals surface area contributed by atoms with Crippen LogP contribution in [-0.2, 0) is 11.2 Å². The fourth-order valence-corrected chi connectivity index (χ4v) is 3.10. The van der Waals surface area contributed by atoms with Crippen molar-refractivity contribution in [2.24, 2.45) is 5.92 Å². The lowest BCUT2D eigenvalue weighted by molar-refractivity contribution is -0.143. The van der Waals surface area contributed by atoms with Crippen molar-refractivity contribution >= 4 is 11.9 Å². The van der Waals surface area contributed by atoms with Gasteiger partial charge in [0, 0.05) is 12.6 Å². The molecule has 0 radical (unpaired) electrons. The second-order valence-corrected chi connectivity index (χ2v) is 5.39. The summed E-state index contributed by atoms with van der Waals surface area (Å²) in [4.78, 5) is 29.1. The Morgan fingerprint density at radius 2 is 2.15 bits per heavy atom. The third kappa shape index (κ3) is 2.15. The number of aryl methyl sites for hydroxylation is 1. The maximum atomic E-state index is 13.2. The Kier molecular flexibility index (Phi) is 3.16. The molecule has 3 heterocycles. The molecule has 2 atom stereocenters. The van der Waals surface area contributed by atoms with Crippen molar-refractivity contribution in [3.8, 4) is 0 Å². The van der Waals surface area contributed by atoms with E-state index in [1.54, 1.807) is 4.90 Å². The highest BCUT2D eigenvalue weighted by atomic mass is 19.1. The van der Waals surface area contributed by atoms with Crippen molar-refractivity contribution < 1.29 is 19.1 Å².